The van der Waals surface area contributed by atoms with Crippen LogP contribution in [0.1, 0.15) is 25.7 Å². The molecule has 1 aliphatic carbocycles. The van der Waals surface area contributed by atoms with Crippen LogP contribution < -0.4 is 4.72 Å². The molecule has 1 N–H and O–H groups in total. The van der Waals surface area contributed by atoms with Crippen LogP contribution >= 0.6 is 0 Å². The molecule has 0 aromatic heterocycles. The molecule has 0 bridgehead atoms. The van der Waals surface area contributed by atoms with Crippen molar-refractivity contribution in [3.05, 3.63) is 34.1 Å². The molecular formula is C12H13FN2O5S. The summed E-state index contributed by atoms with van der Waals surface area (Å²) in [4.78, 5) is 20.2. The lowest BCUT2D eigenvalue weighted by Gasteiger charge is -2.22. The Kier molecular flexibility index (Phi) is 4.33. The van der Waals surface area contributed by atoms with Gasteiger partial charge in [-0.15, -0.1) is 0 Å². The second-order valence-electron chi connectivity index (χ2n) is 4.81. The van der Waals surface area contributed by atoms with Gasteiger partial charge >= 0.3 is 0 Å². The number of ketones is 1. The quantitative estimate of drug-likeness (QED) is 0.669. The number of nitro benzene ring substituents is 1. The highest BCUT2D eigenvalue weighted by Gasteiger charge is 2.27. The molecule has 0 saturated heterocycles. The largest absolute Gasteiger partial charge is 0.300 e. The van der Waals surface area contributed by atoms with Crippen molar-refractivity contribution in [3.8, 4) is 0 Å². The van der Waals surface area contributed by atoms with E-state index in [1.807, 2.05) is 0 Å². The number of carbonyl (C=O) groups is 1. The van der Waals surface area contributed by atoms with Crippen LogP contribution in [0.2, 0.25) is 0 Å². The molecule has 1 fully saturated rings. The highest BCUT2D eigenvalue weighted by atomic mass is 32.2. The SMILES string of the molecule is O=C1CCC(NS(=O)(=O)c2ccc([N+](=O)[O-])cc2F)CC1. The molecule has 0 aliphatic heterocycles. The maximum atomic E-state index is 13.7. The van der Waals surface area contributed by atoms with E-state index in [1.54, 1.807) is 0 Å². The van der Waals surface area contributed by atoms with Crippen LogP contribution in [0.5, 0.6) is 0 Å². The number of rotatable bonds is 4. The molecule has 0 amide bonds. The summed E-state index contributed by atoms with van der Waals surface area (Å²) < 4.78 is 40.2. The van der Waals surface area contributed by atoms with E-state index in [2.05, 4.69) is 4.72 Å². The fourth-order valence-electron chi connectivity index (χ4n) is 2.16. The van der Waals surface area contributed by atoms with E-state index >= 15 is 0 Å². The lowest BCUT2D eigenvalue weighted by molar-refractivity contribution is -0.385. The van der Waals surface area contributed by atoms with Crippen LogP contribution in [0, 0.1) is 15.9 Å². The third-order valence-corrected chi connectivity index (χ3v) is 4.83. The first-order valence-corrected chi connectivity index (χ1v) is 7.76. The van der Waals surface area contributed by atoms with Crippen LogP contribution in [0.15, 0.2) is 23.1 Å². The molecule has 2 rings (SSSR count). The van der Waals surface area contributed by atoms with E-state index < -0.39 is 37.4 Å². The molecule has 1 aliphatic rings. The monoisotopic (exact) mass is 316 g/mol. The summed E-state index contributed by atoms with van der Waals surface area (Å²) >= 11 is 0. The van der Waals surface area contributed by atoms with Gasteiger partial charge in [0.15, 0.2) is 0 Å². The molecule has 114 valence electrons. The summed E-state index contributed by atoms with van der Waals surface area (Å²) in [6.45, 7) is 0. The van der Waals surface area contributed by atoms with Gasteiger partial charge < -0.3 is 0 Å². The molecule has 9 heteroatoms. The maximum absolute atomic E-state index is 13.7. The van der Waals surface area contributed by atoms with Crippen LogP contribution in [-0.2, 0) is 14.8 Å². The summed E-state index contributed by atoms with van der Waals surface area (Å²) in [5.41, 5.74) is -0.519. The highest BCUT2D eigenvalue weighted by molar-refractivity contribution is 7.89. The van der Waals surface area contributed by atoms with Gasteiger partial charge in [-0.25, -0.2) is 17.5 Å². The molecule has 1 aromatic rings. The number of nitrogens with zero attached hydrogens (tertiary/aromatic N) is 1. The van der Waals surface area contributed by atoms with Crippen LogP contribution in [0.3, 0.4) is 0 Å². The topological polar surface area (TPSA) is 106 Å². The van der Waals surface area contributed by atoms with E-state index in [0.717, 1.165) is 12.1 Å². The standard InChI is InChI=1S/C12H13FN2O5S/c13-11-7-9(15(17)18)3-6-12(11)21(19,20)14-8-1-4-10(16)5-2-8/h3,6-8,14H,1-2,4-5H2. The van der Waals surface area contributed by atoms with Crippen molar-refractivity contribution in [1.29, 1.82) is 0 Å². The lowest BCUT2D eigenvalue weighted by atomic mass is 9.95. The van der Waals surface area contributed by atoms with E-state index in [-0.39, 0.29) is 18.6 Å². The number of halogens is 1. The second kappa shape index (κ2) is 5.86. The normalized spacial score (nSPS) is 16.9. The van der Waals surface area contributed by atoms with Crippen molar-refractivity contribution >= 4 is 21.5 Å². The van der Waals surface area contributed by atoms with E-state index in [0.29, 0.717) is 18.9 Å². The zero-order chi connectivity index (χ0) is 15.6. The minimum atomic E-state index is -4.11. The third-order valence-electron chi connectivity index (χ3n) is 3.28. The summed E-state index contributed by atoms with van der Waals surface area (Å²) in [6, 6.07) is 1.94. The molecule has 0 unspecified atom stereocenters. The van der Waals surface area contributed by atoms with Gasteiger partial charge in [-0.1, -0.05) is 0 Å². The number of carbonyl (C=O) groups excluding carboxylic acids is 1. The predicted octanol–water partition coefficient (Wildman–Crippen LogP) is 1.52. The minimum absolute atomic E-state index is 0.0759. The van der Waals surface area contributed by atoms with Crippen molar-refractivity contribution in [3.63, 3.8) is 0 Å². The summed E-state index contributed by atoms with van der Waals surface area (Å²) in [5.74, 6) is -1.10. The van der Waals surface area contributed by atoms with Crippen molar-refractivity contribution in [2.45, 2.75) is 36.6 Å². The van der Waals surface area contributed by atoms with Gasteiger partial charge in [-0.3, -0.25) is 14.9 Å². The van der Waals surface area contributed by atoms with Gasteiger partial charge in [-0.2, -0.15) is 0 Å². The Hall–Kier alpha value is -1.87. The first-order valence-electron chi connectivity index (χ1n) is 6.27. The van der Waals surface area contributed by atoms with Crippen molar-refractivity contribution in [2.75, 3.05) is 0 Å². The fraction of sp³-hybridized carbons (Fsp3) is 0.417. The van der Waals surface area contributed by atoms with Crippen LogP contribution in [0.4, 0.5) is 10.1 Å². The number of sulfonamides is 1. The molecule has 0 spiro atoms. The van der Waals surface area contributed by atoms with Crippen molar-refractivity contribution in [2.24, 2.45) is 0 Å². The number of hydrogen-bond acceptors (Lipinski definition) is 5. The molecule has 0 heterocycles. The highest BCUT2D eigenvalue weighted by Crippen LogP contribution is 2.22. The Balaban J connectivity index is 2.19. The number of nitro groups is 1. The summed E-state index contributed by atoms with van der Waals surface area (Å²) in [6.07, 6.45) is 1.31. The molecule has 0 atom stereocenters. The van der Waals surface area contributed by atoms with Crippen LogP contribution in [-0.4, -0.2) is 25.2 Å². The zero-order valence-electron chi connectivity index (χ0n) is 10.9. The molecular weight excluding hydrogens is 303 g/mol. The first-order chi connectivity index (χ1) is 9.79. The smallest absolute Gasteiger partial charge is 0.272 e. The Morgan fingerprint density at radius 1 is 1.29 bits per heavy atom. The van der Waals surface area contributed by atoms with Crippen molar-refractivity contribution in [1.82, 2.24) is 4.72 Å². The lowest BCUT2D eigenvalue weighted by Crippen LogP contribution is -2.38. The average Bonchev–Trinajstić information content (AvgIpc) is 2.40. The Morgan fingerprint density at radius 3 is 2.43 bits per heavy atom. The van der Waals surface area contributed by atoms with Gasteiger partial charge in [-0.05, 0) is 18.9 Å². The summed E-state index contributed by atoms with van der Waals surface area (Å²) in [7, 11) is -4.11. The molecule has 1 saturated carbocycles. The third kappa shape index (κ3) is 3.61. The second-order valence-corrected chi connectivity index (χ2v) is 6.49. The molecule has 0 radical (unpaired) electrons. The minimum Gasteiger partial charge on any atom is -0.300 e. The molecule has 21 heavy (non-hydrogen) atoms. The predicted molar refractivity (Wildman–Crippen MR) is 70.6 cm³/mol. The molecule has 1 aromatic carbocycles. The van der Waals surface area contributed by atoms with E-state index in [9.17, 15) is 27.7 Å². The maximum Gasteiger partial charge on any atom is 0.272 e. The number of non-ortho nitro benzene ring substituents is 1. The van der Waals surface area contributed by atoms with Gasteiger partial charge in [0.25, 0.3) is 5.69 Å². The van der Waals surface area contributed by atoms with Crippen LogP contribution in [0.25, 0.3) is 0 Å². The number of nitrogens with one attached hydrogen (secondary N) is 1. The number of hydrogen-bond donors (Lipinski definition) is 1. The van der Waals surface area contributed by atoms with Gasteiger partial charge in [0.1, 0.15) is 16.5 Å². The fourth-order valence-corrected chi connectivity index (χ4v) is 3.53. The zero-order valence-corrected chi connectivity index (χ0v) is 11.7. The number of Topliss-reactive ketones (excluding diaryl/α,β-unsaturated/α-hetero) is 1. The van der Waals surface area contributed by atoms with Gasteiger partial charge in [0, 0.05) is 24.9 Å². The van der Waals surface area contributed by atoms with Crippen molar-refractivity contribution < 1.29 is 22.5 Å². The van der Waals surface area contributed by atoms with E-state index in [1.165, 1.54) is 0 Å². The summed E-state index contributed by atoms with van der Waals surface area (Å²) in [5, 5.41) is 10.5. The Morgan fingerprint density at radius 2 is 1.90 bits per heavy atom. The molecule has 7 nitrogen and oxygen atoms in total. The van der Waals surface area contributed by atoms with Gasteiger partial charge in [0.05, 0.1) is 11.0 Å². The van der Waals surface area contributed by atoms with Gasteiger partial charge in [0.2, 0.25) is 10.0 Å². The Labute approximate surface area is 120 Å². The number of benzene rings is 1. The average molecular weight is 316 g/mol. The van der Waals surface area contributed by atoms with E-state index in [4.69, 9.17) is 0 Å². The first kappa shape index (κ1) is 15.5. The Bertz CT molecular complexity index is 679.